The molecule has 2 rings (SSSR count). The van der Waals surface area contributed by atoms with Gasteiger partial charge in [-0.25, -0.2) is 0 Å². The largest absolute Gasteiger partial charge is 0.387 e. The summed E-state index contributed by atoms with van der Waals surface area (Å²) in [5.74, 6) is -0.656. The van der Waals surface area contributed by atoms with Gasteiger partial charge in [0.15, 0.2) is 12.1 Å². The third-order valence-corrected chi connectivity index (χ3v) is 2.11. The number of ether oxygens (including phenoxy) is 3. The average Bonchev–Trinajstić information content (AvgIpc) is 2.33. The van der Waals surface area contributed by atoms with Crippen LogP contribution < -0.4 is 0 Å². The van der Waals surface area contributed by atoms with E-state index in [1.165, 1.54) is 0 Å². The number of aliphatic hydroxyl groups excluding tert-OH is 1. The minimum absolute atomic E-state index is 0.387. The lowest BCUT2D eigenvalue weighted by Gasteiger charge is -2.20. The minimum atomic E-state index is -0.684. The van der Waals surface area contributed by atoms with E-state index >= 15 is 0 Å². The second kappa shape index (κ2) is 2.42. The van der Waals surface area contributed by atoms with Crippen LogP contribution in [0.2, 0.25) is 0 Å². The molecule has 4 heteroatoms. The highest BCUT2D eigenvalue weighted by atomic mass is 16.8. The van der Waals surface area contributed by atoms with Gasteiger partial charge in [0.05, 0.1) is 6.10 Å². The van der Waals surface area contributed by atoms with Crippen molar-refractivity contribution < 1.29 is 19.3 Å². The first-order valence-electron chi connectivity index (χ1n) is 4.02. The second-order valence-corrected chi connectivity index (χ2v) is 3.63. The Morgan fingerprint density at radius 3 is 2.58 bits per heavy atom. The average molecular weight is 173 g/mol. The first-order chi connectivity index (χ1) is 5.49. The van der Waals surface area contributed by atoms with E-state index in [-0.39, 0.29) is 6.10 Å². The van der Waals surface area contributed by atoms with Gasteiger partial charge in [-0.05, 0) is 20.8 Å². The van der Waals surface area contributed by atoms with Crippen LogP contribution in [-0.4, -0.2) is 35.5 Å². The van der Waals surface area contributed by atoms with Crippen molar-refractivity contribution in [2.45, 2.75) is 44.2 Å². The lowest BCUT2D eigenvalue weighted by atomic mass is 10.2. The Hall–Kier alpha value is -0.160. The highest BCUT2D eigenvalue weighted by molar-refractivity contribution is 4.93. The van der Waals surface area contributed by atoms with E-state index in [2.05, 4.69) is 6.92 Å². The van der Waals surface area contributed by atoms with Crippen LogP contribution in [0.3, 0.4) is 0 Å². The van der Waals surface area contributed by atoms with Crippen molar-refractivity contribution in [2.75, 3.05) is 0 Å². The Labute approximate surface area is 71.4 Å². The van der Waals surface area contributed by atoms with Gasteiger partial charge in [0, 0.05) is 0 Å². The fourth-order valence-electron chi connectivity index (χ4n) is 1.56. The van der Waals surface area contributed by atoms with Crippen molar-refractivity contribution >= 4 is 0 Å². The van der Waals surface area contributed by atoms with Crippen LogP contribution in [0.15, 0.2) is 0 Å². The summed E-state index contributed by atoms with van der Waals surface area (Å²) in [4.78, 5) is 0. The number of aliphatic hydroxyl groups is 1. The summed E-state index contributed by atoms with van der Waals surface area (Å²) in [6.07, 6.45) is -1.98. The molecule has 1 N–H and O–H groups in total. The maximum Gasteiger partial charge on any atom is 0.190 e. The highest BCUT2D eigenvalue weighted by Crippen LogP contribution is 2.36. The molecule has 0 aliphatic carbocycles. The molecule has 0 unspecified atom stereocenters. The smallest absolute Gasteiger partial charge is 0.190 e. The molecule has 2 aliphatic heterocycles. The van der Waals surface area contributed by atoms with E-state index in [1.807, 2.05) is 0 Å². The SMILES string of the molecule is [CH2][C@H]1O[C@@H]2OC(C)(C)O[C@@H]2[C@H]1O. The molecule has 4 atom stereocenters. The van der Waals surface area contributed by atoms with Crippen molar-refractivity contribution in [3.63, 3.8) is 0 Å². The van der Waals surface area contributed by atoms with Gasteiger partial charge in [0.2, 0.25) is 0 Å². The van der Waals surface area contributed by atoms with Crippen LogP contribution >= 0.6 is 0 Å². The van der Waals surface area contributed by atoms with Gasteiger partial charge in [-0.15, -0.1) is 0 Å². The zero-order valence-electron chi connectivity index (χ0n) is 7.19. The molecule has 2 fully saturated rings. The Morgan fingerprint density at radius 2 is 2.00 bits per heavy atom. The molecular formula is C8H13O4. The van der Waals surface area contributed by atoms with E-state index < -0.39 is 24.3 Å². The zero-order chi connectivity index (χ0) is 8.93. The van der Waals surface area contributed by atoms with E-state index in [4.69, 9.17) is 14.2 Å². The number of hydrogen-bond acceptors (Lipinski definition) is 4. The summed E-state index contributed by atoms with van der Waals surface area (Å²) in [6.45, 7) is 7.20. The van der Waals surface area contributed by atoms with E-state index in [9.17, 15) is 5.11 Å². The van der Waals surface area contributed by atoms with E-state index in [0.29, 0.717) is 0 Å². The topological polar surface area (TPSA) is 47.9 Å². The maximum absolute atomic E-state index is 9.51. The molecule has 2 aliphatic rings. The predicted molar refractivity (Wildman–Crippen MR) is 40.1 cm³/mol. The molecule has 1 radical (unpaired) electrons. The highest BCUT2D eigenvalue weighted by Gasteiger charge is 2.52. The number of hydrogen-bond donors (Lipinski definition) is 1. The van der Waals surface area contributed by atoms with Crippen LogP contribution in [0, 0.1) is 6.92 Å². The van der Waals surface area contributed by atoms with Crippen LogP contribution in [0.25, 0.3) is 0 Å². The molecule has 0 spiro atoms. The van der Waals surface area contributed by atoms with Crippen LogP contribution in [0.4, 0.5) is 0 Å². The van der Waals surface area contributed by atoms with Crippen molar-refractivity contribution in [3.05, 3.63) is 6.92 Å². The number of fused-ring (bicyclic) bond motifs is 1. The van der Waals surface area contributed by atoms with Crippen LogP contribution in [-0.2, 0) is 14.2 Å². The van der Waals surface area contributed by atoms with Crippen LogP contribution in [0.5, 0.6) is 0 Å². The molecule has 2 heterocycles. The third kappa shape index (κ3) is 1.15. The van der Waals surface area contributed by atoms with Gasteiger partial charge < -0.3 is 19.3 Å². The fourth-order valence-corrected chi connectivity index (χ4v) is 1.56. The normalized spacial score (nSPS) is 51.0. The molecule has 0 aromatic carbocycles. The number of rotatable bonds is 0. The summed E-state index contributed by atoms with van der Waals surface area (Å²) >= 11 is 0. The van der Waals surface area contributed by atoms with Crippen molar-refractivity contribution in [1.29, 1.82) is 0 Å². The molecule has 4 nitrogen and oxygen atoms in total. The van der Waals surface area contributed by atoms with E-state index in [0.717, 1.165) is 0 Å². The zero-order valence-corrected chi connectivity index (χ0v) is 7.19. The molecule has 0 aromatic heterocycles. The quantitative estimate of drug-likeness (QED) is 0.562. The molecule has 12 heavy (non-hydrogen) atoms. The Balaban J connectivity index is 2.11. The van der Waals surface area contributed by atoms with Crippen LogP contribution in [0.1, 0.15) is 13.8 Å². The molecule has 69 valence electrons. The minimum Gasteiger partial charge on any atom is -0.387 e. The standard InChI is InChI=1S/C8H13O4/c1-4-5(9)6-7(10-4)12-8(2,3)11-6/h4-7,9H,1H2,2-3H3/t4-,5+,6-,7-/m1/s1. The lowest BCUT2D eigenvalue weighted by molar-refractivity contribution is -0.209. The Morgan fingerprint density at radius 1 is 1.33 bits per heavy atom. The third-order valence-electron chi connectivity index (χ3n) is 2.11. The van der Waals surface area contributed by atoms with E-state index in [1.54, 1.807) is 13.8 Å². The predicted octanol–water partition coefficient (Wildman–Crippen LogP) is 0.0578. The van der Waals surface area contributed by atoms with Crippen molar-refractivity contribution in [1.82, 2.24) is 0 Å². The molecule has 0 bridgehead atoms. The summed E-state index contributed by atoms with van der Waals surface area (Å²) in [7, 11) is 0. The van der Waals surface area contributed by atoms with Gasteiger partial charge in [-0.2, -0.15) is 0 Å². The Bertz CT molecular complexity index is 191. The summed E-state index contributed by atoms with van der Waals surface area (Å²) < 4.78 is 16.0. The lowest BCUT2D eigenvalue weighted by Crippen LogP contribution is -2.33. The summed E-state index contributed by atoms with van der Waals surface area (Å²) in [5.41, 5.74) is 0. The monoisotopic (exact) mass is 173 g/mol. The van der Waals surface area contributed by atoms with Crippen molar-refractivity contribution in [2.24, 2.45) is 0 Å². The van der Waals surface area contributed by atoms with Gasteiger partial charge in [-0.1, -0.05) is 0 Å². The van der Waals surface area contributed by atoms with Crippen molar-refractivity contribution in [3.8, 4) is 0 Å². The van der Waals surface area contributed by atoms with Gasteiger partial charge in [0.1, 0.15) is 12.2 Å². The maximum atomic E-state index is 9.51. The molecule has 2 saturated heterocycles. The summed E-state index contributed by atoms with van der Waals surface area (Å²) in [6, 6.07) is 0. The fraction of sp³-hybridized carbons (Fsp3) is 0.875. The molecule has 0 saturated carbocycles. The molecular weight excluding hydrogens is 160 g/mol. The second-order valence-electron chi connectivity index (χ2n) is 3.63. The van der Waals surface area contributed by atoms with Gasteiger partial charge in [0.25, 0.3) is 0 Å². The Kier molecular flexibility index (Phi) is 1.70. The first kappa shape index (κ1) is 8.44. The molecule has 0 aromatic rings. The molecule has 0 amide bonds. The van der Waals surface area contributed by atoms with Gasteiger partial charge >= 0.3 is 0 Å². The van der Waals surface area contributed by atoms with Gasteiger partial charge in [-0.3, -0.25) is 0 Å². The first-order valence-corrected chi connectivity index (χ1v) is 4.02. The summed E-state index contributed by atoms with van der Waals surface area (Å²) in [5, 5.41) is 9.51.